The first-order valence-corrected chi connectivity index (χ1v) is 11.1. The van der Waals surface area contributed by atoms with Crippen molar-refractivity contribution in [3.63, 3.8) is 0 Å². The van der Waals surface area contributed by atoms with Crippen molar-refractivity contribution in [3.05, 3.63) is 58.1 Å². The van der Waals surface area contributed by atoms with Gasteiger partial charge in [-0.2, -0.15) is 11.8 Å². The van der Waals surface area contributed by atoms with E-state index in [1.54, 1.807) is 0 Å². The highest BCUT2D eigenvalue weighted by molar-refractivity contribution is 8.00. The second-order valence-electron chi connectivity index (χ2n) is 7.58. The van der Waals surface area contributed by atoms with Gasteiger partial charge in [-0.1, -0.05) is 12.1 Å². The van der Waals surface area contributed by atoms with E-state index in [0.717, 1.165) is 37.2 Å². The molecule has 2 aliphatic rings. The lowest BCUT2D eigenvalue weighted by Crippen LogP contribution is -2.35. The Labute approximate surface area is 170 Å². The number of aryl methyl sites for hydroxylation is 2. The maximum Gasteiger partial charge on any atom is 0.240 e. The highest BCUT2D eigenvalue weighted by Crippen LogP contribution is 2.42. The molecule has 0 saturated carbocycles. The summed E-state index contributed by atoms with van der Waals surface area (Å²) in [6.07, 6.45) is 7.65. The summed E-state index contributed by atoms with van der Waals surface area (Å²) in [5.41, 5.74) is 6.59. The van der Waals surface area contributed by atoms with E-state index in [9.17, 15) is 9.59 Å². The summed E-state index contributed by atoms with van der Waals surface area (Å²) < 4.78 is 6.28. The summed E-state index contributed by atoms with van der Waals surface area (Å²) in [7, 11) is 0. The number of benzene rings is 2. The molecular weight excluding hydrogens is 370 g/mol. The van der Waals surface area contributed by atoms with Crippen molar-refractivity contribution >= 4 is 24.1 Å². The topological polar surface area (TPSA) is 55.4 Å². The number of imide groups is 1. The minimum Gasteiger partial charge on any atom is -0.457 e. The Morgan fingerprint density at radius 3 is 2.82 bits per heavy atom. The fourth-order valence-corrected chi connectivity index (χ4v) is 5.57. The third-order valence-electron chi connectivity index (χ3n) is 6.02. The van der Waals surface area contributed by atoms with Crippen molar-refractivity contribution in [1.82, 2.24) is 5.32 Å². The Morgan fingerprint density at radius 1 is 1.21 bits per heavy atom. The molecule has 2 amide bonds. The van der Waals surface area contributed by atoms with E-state index in [4.69, 9.17) is 4.74 Å². The lowest BCUT2D eigenvalue weighted by molar-refractivity contribution is -0.125. The molecule has 4 rings (SSSR count). The first-order valence-electron chi connectivity index (χ1n) is 9.81. The molecule has 0 spiro atoms. The van der Waals surface area contributed by atoms with E-state index in [1.807, 2.05) is 12.3 Å². The normalized spacial score (nSPS) is 18.3. The molecule has 0 aliphatic heterocycles. The van der Waals surface area contributed by atoms with Gasteiger partial charge in [0.2, 0.25) is 12.3 Å². The predicted molar refractivity (Wildman–Crippen MR) is 112 cm³/mol. The van der Waals surface area contributed by atoms with Crippen LogP contribution in [0.2, 0.25) is 0 Å². The van der Waals surface area contributed by atoms with E-state index in [0.29, 0.717) is 6.41 Å². The van der Waals surface area contributed by atoms with Gasteiger partial charge in [-0.25, -0.2) is 0 Å². The quantitative estimate of drug-likeness (QED) is 0.741. The van der Waals surface area contributed by atoms with Crippen LogP contribution in [0.4, 0.5) is 0 Å². The van der Waals surface area contributed by atoms with Gasteiger partial charge in [-0.15, -0.1) is 0 Å². The predicted octanol–water partition coefficient (Wildman–Crippen LogP) is 4.31. The second-order valence-corrected chi connectivity index (χ2v) is 8.56. The second kappa shape index (κ2) is 8.00. The number of thioether (sulfide) groups is 1. The maximum atomic E-state index is 12.2. The molecule has 4 nitrogen and oxygen atoms in total. The third-order valence-corrected chi connectivity index (χ3v) is 7.07. The summed E-state index contributed by atoms with van der Waals surface area (Å²) in [6.45, 7) is 2.17. The maximum absolute atomic E-state index is 12.2. The van der Waals surface area contributed by atoms with Gasteiger partial charge in [0.25, 0.3) is 0 Å². The van der Waals surface area contributed by atoms with Crippen LogP contribution in [0, 0.1) is 6.92 Å². The van der Waals surface area contributed by atoms with Gasteiger partial charge < -0.3 is 4.74 Å². The van der Waals surface area contributed by atoms with Crippen molar-refractivity contribution < 1.29 is 14.3 Å². The number of nitrogens with one attached hydrogen (secondary N) is 1. The number of amides is 2. The SMILES string of the molecule is CSC(C(=O)NC=O)[C@@H]1CCc2cc(Oc3ccc(C)c4c3CCC4)ccc21. The van der Waals surface area contributed by atoms with Crippen LogP contribution in [0.1, 0.15) is 46.6 Å². The largest absolute Gasteiger partial charge is 0.457 e. The van der Waals surface area contributed by atoms with Crippen LogP contribution in [-0.2, 0) is 28.9 Å². The Morgan fingerprint density at radius 2 is 2.04 bits per heavy atom. The van der Waals surface area contributed by atoms with Crippen molar-refractivity contribution in [2.75, 3.05) is 6.26 Å². The van der Waals surface area contributed by atoms with Crippen LogP contribution in [0.5, 0.6) is 11.5 Å². The van der Waals surface area contributed by atoms with Crippen LogP contribution >= 0.6 is 11.8 Å². The fourth-order valence-electron chi connectivity index (χ4n) is 4.67. The number of rotatable bonds is 6. The number of ether oxygens (including phenoxy) is 1. The summed E-state index contributed by atoms with van der Waals surface area (Å²) in [5, 5.41) is 2.06. The molecule has 2 aromatic rings. The van der Waals surface area contributed by atoms with Crippen molar-refractivity contribution in [1.29, 1.82) is 0 Å². The number of fused-ring (bicyclic) bond motifs is 2. The number of hydrogen-bond donors (Lipinski definition) is 1. The molecule has 0 heterocycles. The molecule has 2 atom stereocenters. The van der Waals surface area contributed by atoms with Gasteiger partial charge >= 0.3 is 0 Å². The van der Waals surface area contributed by atoms with Crippen LogP contribution in [0.25, 0.3) is 0 Å². The Kier molecular flexibility index (Phi) is 5.44. The molecule has 0 aromatic heterocycles. The smallest absolute Gasteiger partial charge is 0.240 e. The molecule has 0 fully saturated rings. The molecule has 0 saturated heterocycles. The fraction of sp³-hybridized carbons (Fsp3) is 0.391. The lowest BCUT2D eigenvalue weighted by Gasteiger charge is -2.21. The lowest BCUT2D eigenvalue weighted by atomic mass is 9.96. The van der Waals surface area contributed by atoms with E-state index < -0.39 is 0 Å². The first kappa shape index (κ1) is 19.1. The van der Waals surface area contributed by atoms with Gasteiger partial charge in [0.1, 0.15) is 11.5 Å². The van der Waals surface area contributed by atoms with Crippen LogP contribution in [0.3, 0.4) is 0 Å². The average Bonchev–Trinajstić information content (AvgIpc) is 3.33. The van der Waals surface area contributed by atoms with Gasteiger partial charge in [0.15, 0.2) is 0 Å². The third kappa shape index (κ3) is 3.44. The van der Waals surface area contributed by atoms with Crippen molar-refractivity contribution in [2.24, 2.45) is 0 Å². The Bertz CT molecular complexity index is 924. The molecular formula is C23H25NO3S. The molecule has 2 aromatic carbocycles. The van der Waals surface area contributed by atoms with Crippen LogP contribution in [-0.4, -0.2) is 23.8 Å². The van der Waals surface area contributed by atoms with Crippen molar-refractivity contribution in [2.45, 2.75) is 50.2 Å². The molecule has 0 radical (unpaired) electrons. The zero-order chi connectivity index (χ0) is 19.7. The average molecular weight is 396 g/mol. The summed E-state index contributed by atoms with van der Waals surface area (Å²) in [6, 6.07) is 10.5. The Hall–Kier alpha value is -2.27. The minimum atomic E-state index is -0.251. The van der Waals surface area contributed by atoms with E-state index >= 15 is 0 Å². The zero-order valence-corrected chi connectivity index (χ0v) is 17.1. The number of hydrogen-bond acceptors (Lipinski definition) is 4. The number of carbonyl (C=O) groups excluding carboxylic acids is 2. The monoisotopic (exact) mass is 395 g/mol. The highest BCUT2D eigenvalue weighted by Gasteiger charge is 2.34. The van der Waals surface area contributed by atoms with Gasteiger partial charge in [0.05, 0.1) is 5.25 Å². The zero-order valence-electron chi connectivity index (χ0n) is 16.3. The summed E-state index contributed by atoms with van der Waals surface area (Å²) in [5.74, 6) is 1.74. The van der Waals surface area contributed by atoms with Crippen LogP contribution in [0.15, 0.2) is 30.3 Å². The summed E-state index contributed by atoms with van der Waals surface area (Å²) in [4.78, 5) is 22.9. The highest BCUT2D eigenvalue weighted by atomic mass is 32.2. The van der Waals surface area contributed by atoms with E-state index in [-0.39, 0.29) is 17.1 Å². The molecule has 2 aliphatic carbocycles. The van der Waals surface area contributed by atoms with E-state index in [2.05, 4.69) is 36.5 Å². The molecule has 1 unspecified atom stereocenters. The van der Waals surface area contributed by atoms with Gasteiger partial charge in [-0.05, 0) is 91.3 Å². The molecule has 5 heteroatoms. The minimum absolute atomic E-state index is 0.127. The molecule has 28 heavy (non-hydrogen) atoms. The molecule has 1 N–H and O–H groups in total. The molecule has 0 bridgehead atoms. The first-order chi connectivity index (χ1) is 13.6. The van der Waals surface area contributed by atoms with Gasteiger partial charge in [-0.3, -0.25) is 14.9 Å². The summed E-state index contributed by atoms with van der Waals surface area (Å²) >= 11 is 1.50. The number of carbonyl (C=O) groups is 2. The van der Waals surface area contributed by atoms with E-state index in [1.165, 1.54) is 46.0 Å². The Balaban J connectivity index is 1.57. The standard InChI is InChI=1S/C23H25NO3S/c1-14-6-11-21(19-5-3-4-17(14)19)27-16-8-10-18-15(12-16)7-9-20(18)22(28-2)23(26)24-13-25/h6,8,10-13,20,22H,3-5,7,9H2,1-2H3,(H,24,25,26)/t20-,22?/m1/s1. The van der Waals surface area contributed by atoms with Crippen molar-refractivity contribution in [3.8, 4) is 11.5 Å². The molecule has 146 valence electrons. The van der Waals surface area contributed by atoms with Gasteiger partial charge in [0, 0.05) is 5.92 Å². The van der Waals surface area contributed by atoms with Crippen LogP contribution < -0.4 is 10.1 Å².